The molecular formula is C17H17BrN2O. The zero-order valence-corrected chi connectivity index (χ0v) is 13.4. The molecule has 3 rings (SSSR count). The highest BCUT2D eigenvalue weighted by Gasteiger charge is 2.27. The van der Waals surface area contributed by atoms with E-state index in [-0.39, 0.29) is 12.1 Å². The molecule has 1 heterocycles. The first-order chi connectivity index (χ1) is 10.2. The molecule has 2 aromatic carbocycles. The van der Waals surface area contributed by atoms with Gasteiger partial charge in [-0.3, -0.25) is 0 Å². The van der Waals surface area contributed by atoms with Crippen molar-refractivity contribution in [1.29, 1.82) is 0 Å². The van der Waals surface area contributed by atoms with Crippen molar-refractivity contribution in [3.63, 3.8) is 0 Å². The molecule has 0 radical (unpaired) electrons. The summed E-state index contributed by atoms with van der Waals surface area (Å²) in [4.78, 5) is 14.4. The summed E-state index contributed by atoms with van der Waals surface area (Å²) in [6, 6.07) is 16.0. The van der Waals surface area contributed by atoms with Gasteiger partial charge in [0.15, 0.2) is 0 Å². The third-order valence-corrected chi connectivity index (χ3v) is 4.66. The number of halogens is 1. The van der Waals surface area contributed by atoms with Crippen LogP contribution in [0.2, 0.25) is 0 Å². The Hall–Kier alpha value is -1.81. The average molecular weight is 345 g/mol. The largest absolute Gasteiger partial charge is 0.322 e. The van der Waals surface area contributed by atoms with Gasteiger partial charge in [-0.15, -0.1) is 0 Å². The molecule has 0 saturated heterocycles. The topological polar surface area (TPSA) is 32.3 Å². The van der Waals surface area contributed by atoms with Crippen LogP contribution in [0.15, 0.2) is 53.0 Å². The molecule has 4 heteroatoms. The highest BCUT2D eigenvalue weighted by molar-refractivity contribution is 9.10. The van der Waals surface area contributed by atoms with Crippen LogP contribution in [-0.4, -0.2) is 17.5 Å². The van der Waals surface area contributed by atoms with Gasteiger partial charge in [-0.1, -0.05) is 36.4 Å². The zero-order chi connectivity index (χ0) is 14.8. The van der Waals surface area contributed by atoms with E-state index in [2.05, 4.69) is 46.4 Å². The summed E-state index contributed by atoms with van der Waals surface area (Å²) in [6.07, 6.45) is 0.907. The number of hydrogen-bond acceptors (Lipinski definition) is 1. The van der Waals surface area contributed by atoms with E-state index in [0.29, 0.717) is 0 Å². The number of urea groups is 1. The molecule has 3 nitrogen and oxygen atoms in total. The standard InChI is InChI=1S/C17H17BrN2O/c1-12-14-7-3-2-6-13(14)10-11-20(12)17(21)19-16-9-5-4-8-15(16)18/h2-9,12H,10-11H2,1H3,(H,19,21). The SMILES string of the molecule is CC1c2ccccc2CCN1C(=O)Nc1ccccc1Br. The molecule has 21 heavy (non-hydrogen) atoms. The van der Waals surface area contributed by atoms with Crippen molar-refractivity contribution >= 4 is 27.6 Å². The normalized spacial score (nSPS) is 17.2. The molecule has 0 saturated carbocycles. The number of anilines is 1. The van der Waals surface area contributed by atoms with Crippen molar-refractivity contribution in [2.45, 2.75) is 19.4 Å². The van der Waals surface area contributed by atoms with Gasteiger partial charge in [0, 0.05) is 11.0 Å². The molecule has 1 atom stereocenters. The van der Waals surface area contributed by atoms with Crippen molar-refractivity contribution in [2.24, 2.45) is 0 Å². The average Bonchev–Trinajstić information content (AvgIpc) is 2.50. The lowest BCUT2D eigenvalue weighted by molar-refractivity contribution is 0.188. The van der Waals surface area contributed by atoms with Crippen LogP contribution < -0.4 is 5.32 Å². The minimum absolute atomic E-state index is 0.0519. The Balaban J connectivity index is 1.79. The number of para-hydroxylation sites is 1. The molecule has 0 bridgehead atoms. The molecule has 2 amide bonds. The molecule has 0 aromatic heterocycles. The fraction of sp³-hybridized carbons (Fsp3) is 0.235. The Bertz CT molecular complexity index is 671. The van der Waals surface area contributed by atoms with Crippen LogP contribution in [-0.2, 0) is 6.42 Å². The van der Waals surface area contributed by atoms with Crippen LogP contribution >= 0.6 is 15.9 Å². The number of hydrogen-bond donors (Lipinski definition) is 1. The summed E-state index contributed by atoms with van der Waals surface area (Å²) >= 11 is 3.46. The molecule has 0 aliphatic carbocycles. The van der Waals surface area contributed by atoms with Crippen molar-refractivity contribution in [2.75, 3.05) is 11.9 Å². The van der Waals surface area contributed by atoms with Crippen LogP contribution in [0.3, 0.4) is 0 Å². The van der Waals surface area contributed by atoms with E-state index in [4.69, 9.17) is 0 Å². The zero-order valence-electron chi connectivity index (χ0n) is 11.8. The first kappa shape index (κ1) is 14.1. The predicted molar refractivity (Wildman–Crippen MR) is 88.4 cm³/mol. The Labute approximate surface area is 133 Å². The van der Waals surface area contributed by atoms with Crippen molar-refractivity contribution < 1.29 is 4.79 Å². The van der Waals surface area contributed by atoms with Crippen LogP contribution in [0.25, 0.3) is 0 Å². The molecule has 0 spiro atoms. The van der Waals surface area contributed by atoms with Gasteiger partial charge in [0.05, 0.1) is 11.7 Å². The van der Waals surface area contributed by atoms with Gasteiger partial charge in [-0.05, 0) is 52.5 Å². The maximum absolute atomic E-state index is 12.5. The number of amides is 2. The lowest BCUT2D eigenvalue weighted by atomic mass is 9.94. The number of rotatable bonds is 1. The van der Waals surface area contributed by atoms with Crippen LogP contribution in [0.4, 0.5) is 10.5 Å². The van der Waals surface area contributed by atoms with Gasteiger partial charge in [-0.2, -0.15) is 0 Å². The van der Waals surface area contributed by atoms with E-state index in [9.17, 15) is 4.79 Å². The molecule has 1 aliphatic rings. The first-order valence-electron chi connectivity index (χ1n) is 7.07. The number of nitrogens with zero attached hydrogens (tertiary/aromatic N) is 1. The third kappa shape index (κ3) is 2.81. The maximum Gasteiger partial charge on any atom is 0.322 e. The molecule has 0 fully saturated rings. The first-order valence-corrected chi connectivity index (χ1v) is 7.86. The lowest BCUT2D eigenvalue weighted by Crippen LogP contribution is -2.41. The lowest BCUT2D eigenvalue weighted by Gasteiger charge is -2.35. The Morgan fingerprint density at radius 2 is 1.90 bits per heavy atom. The molecule has 1 aliphatic heterocycles. The summed E-state index contributed by atoms with van der Waals surface area (Å²) in [5.74, 6) is 0. The summed E-state index contributed by atoms with van der Waals surface area (Å²) in [6.45, 7) is 2.83. The predicted octanol–water partition coefficient (Wildman–Crippen LogP) is 4.60. The van der Waals surface area contributed by atoms with Crippen LogP contribution in [0.5, 0.6) is 0 Å². The molecule has 108 valence electrons. The number of fused-ring (bicyclic) bond motifs is 1. The summed E-state index contributed by atoms with van der Waals surface area (Å²) in [5.41, 5.74) is 3.38. The number of nitrogens with one attached hydrogen (secondary N) is 1. The van der Waals surface area contributed by atoms with E-state index < -0.39 is 0 Å². The smallest absolute Gasteiger partial charge is 0.317 e. The summed E-state index contributed by atoms with van der Waals surface area (Å²) in [7, 11) is 0. The second-order valence-electron chi connectivity index (χ2n) is 5.23. The molecule has 2 aromatic rings. The van der Waals surface area contributed by atoms with Gasteiger partial charge < -0.3 is 10.2 Å². The van der Waals surface area contributed by atoms with Crippen molar-refractivity contribution in [3.05, 3.63) is 64.1 Å². The van der Waals surface area contributed by atoms with E-state index in [1.54, 1.807) is 0 Å². The maximum atomic E-state index is 12.5. The number of carbonyl (C=O) groups is 1. The second-order valence-corrected chi connectivity index (χ2v) is 6.08. The van der Waals surface area contributed by atoms with Crippen LogP contribution in [0.1, 0.15) is 24.1 Å². The van der Waals surface area contributed by atoms with Crippen LogP contribution in [0, 0.1) is 0 Å². The quantitative estimate of drug-likeness (QED) is 0.805. The number of benzene rings is 2. The van der Waals surface area contributed by atoms with E-state index in [1.807, 2.05) is 35.2 Å². The third-order valence-electron chi connectivity index (χ3n) is 3.97. The highest BCUT2D eigenvalue weighted by atomic mass is 79.9. The number of carbonyl (C=O) groups excluding carboxylic acids is 1. The minimum Gasteiger partial charge on any atom is -0.317 e. The van der Waals surface area contributed by atoms with E-state index >= 15 is 0 Å². The Kier molecular flexibility index (Phi) is 3.97. The monoisotopic (exact) mass is 344 g/mol. The highest BCUT2D eigenvalue weighted by Crippen LogP contribution is 2.30. The molecule has 1 N–H and O–H groups in total. The van der Waals surface area contributed by atoms with Crippen molar-refractivity contribution in [3.8, 4) is 0 Å². The fourth-order valence-electron chi connectivity index (χ4n) is 2.80. The minimum atomic E-state index is -0.0519. The summed E-state index contributed by atoms with van der Waals surface area (Å²) in [5, 5.41) is 2.98. The Morgan fingerprint density at radius 3 is 2.71 bits per heavy atom. The van der Waals surface area contributed by atoms with Gasteiger partial charge in [0.1, 0.15) is 0 Å². The van der Waals surface area contributed by atoms with Crippen molar-refractivity contribution in [1.82, 2.24) is 4.90 Å². The van der Waals surface area contributed by atoms with E-state index in [0.717, 1.165) is 23.1 Å². The van der Waals surface area contributed by atoms with Gasteiger partial charge in [0.2, 0.25) is 0 Å². The Morgan fingerprint density at radius 1 is 1.19 bits per heavy atom. The molecule has 1 unspecified atom stereocenters. The summed E-state index contributed by atoms with van der Waals surface area (Å²) < 4.78 is 0.892. The van der Waals surface area contributed by atoms with Gasteiger partial charge in [-0.25, -0.2) is 4.79 Å². The molecular weight excluding hydrogens is 328 g/mol. The second kappa shape index (κ2) is 5.90. The van der Waals surface area contributed by atoms with Gasteiger partial charge >= 0.3 is 6.03 Å². The van der Waals surface area contributed by atoms with Gasteiger partial charge in [0.25, 0.3) is 0 Å². The fourth-order valence-corrected chi connectivity index (χ4v) is 3.18. The van der Waals surface area contributed by atoms with E-state index in [1.165, 1.54) is 11.1 Å².